The summed E-state index contributed by atoms with van der Waals surface area (Å²) in [6.07, 6.45) is 0. The molecule has 0 unspecified atom stereocenters. The third kappa shape index (κ3) is 3.84. The molecule has 0 aliphatic carbocycles. The van der Waals surface area contributed by atoms with Crippen molar-refractivity contribution in [3.8, 4) is 0 Å². The van der Waals surface area contributed by atoms with E-state index in [1.165, 1.54) is 17.8 Å². The number of halogens is 1. The summed E-state index contributed by atoms with van der Waals surface area (Å²) in [6, 6.07) is 5.11. The summed E-state index contributed by atoms with van der Waals surface area (Å²) in [5.74, 6) is -0.176. The number of nitrogens with two attached hydrogens (primary N) is 1. The predicted octanol–water partition coefficient (Wildman–Crippen LogP) is 3.74. The van der Waals surface area contributed by atoms with Crippen LogP contribution in [0, 0.1) is 5.82 Å². The zero-order valence-corrected chi connectivity index (χ0v) is 10.5. The Morgan fingerprint density at radius 2 is 1.93 bits per heavy atom. The van der Waals surface area contributed by atoms with E-state index in [0.29, 0.717) is 4.90 Å². The van der Waals surface area contributed by atoms with Crippen LogP contribution in [0.2, 0.25) is 0 Å². The van der Waals surface area contributed by atoms with Crippen LogP contribution in [-0.4, -0.2) is 4.75 Å². The highest BCUT2D eigenvalue weighted by atomic mass is 32.2. The summed E-state index contributed by atoms with van der Waals surface area (Å²) >= 11 is 1.53. The monoisotopic (exact) mass is 227 g/mol. The summed E-state index contributed by atoms with van der Waals surface area (Å²) in [5.41, 5.74) is 6.53. The number of rotatable bonds is 2. The quantitative estimate of drug-likeness (QED) is 0.779. The lowest BCUT2D eigenvalue weighted by Gasteiger charge is -2.18. The summed E-state index contributed by atoms with van der Waals surface area (Å²) < 4.78 is 13.7. The third-order valence-corrected chi connectivity index (χ3v) is 3.06. The zero-order chi connectivity index (χ0) is 11.6. The van der Waals surface area contributed by atoms with E-state index in [-0.39, 0.29) is 16.6 Å². The molecule has 0 aliphatic heterocycles. The second-order valence-electron chi connectivity index (χ2n) is 4.69. The number of benzene rings is 1. The Kier molecular flexibility index (Phi) is 3.79. The van der Waals surface area contributed by atoms with Gasteiger partial charge in [0.25, 0.3) is 0 Å². The summed E-state index contributed by atoms with van der Waals surface area (Å²) in [7, 11) is 0. The van der Waals surface area contributed by atoms with Crippen LogP contribution in [0.3, 0.4) is 0 Å². The molecule has 0 spiro atoms. The first-order valence-electron chi connectivity index (χ1n) is 5.03. The molecular formula is C12H18FNS. The second kappa shape index (κ2) is 4.54. The first-order valence-corrected chi connectivity index (χ1v) is 5.85. The van der Waals surface area contributed by atoms with Crippen molar-refractivity contribution in [3.05, 3.63) is 29.6 Å². The fourth-order valence-corrected chi connectivity index (χ4v) is 2.17. The number of thioether (sulfide) groups is 1. The average Bonchev–Trinajstić information content (AvgIpc) is 2.05. The van der Waals surface area contributed by atoms with Gasteiger partial charge in [-0.15, -0.1) is 11.8 Å². The van der Waals surface area contributed by atoms with Crippen molar-refractivity contribution in [3.63, 3.8) is 0 Å². The lowest BCUT2D eigenvalue weighted by molar-refractivity contribution is 0.595. The molecule has 0 bridgehead atoms. The van der Waals surface area contributed by atoms with Crippen LogP contribution in [0.1, 0.15) is 39.3 Å². The molecule has 0 saturated heterocycles. The highest BCUT2D eigenvalue weighted by molar-refractivity contribution is 8.00. The molecule has 0 radical (unpaired) electrons. The number of hydrogen-bond donors (Lipinski definition) is 1. The Morgan fingerprint density at radius 3 is 2.33 bits per heavy atom. The second-order valence-corrected chi connectivity index (χ2v) is 6.56. The molecule has 1 aromatic rings. The van der Waals surface area contributed by atoms with Crippen molar-refractivity contribution in [1.29, 1.82) is 0 Å². The van der Waals surface area contributed by atoms with Gasteiger partial charge in [-0.3, -0.25) is 0 Å². The molecule has 0 aliphatic rings. The first-order chi connectivity index (χ1) is 6.79. The Labute approximate surface area is 95.2 Å². The molecule has 0 fully saturated rings. The number of hydrogen-bond acceptors (Lipinski definition) is 2. The molecule has 0 aromatic heterocycles. The summed E-state index contributed by atoms with van der Waals surface area (Å²) in [5, 5.41) is 0. The molecule has 0 heterocycles. The van der Waals surface area contributed by atoms with Crippen LogP contribution in [0.4, 0.5) is 4.39 Å². The lowest BCUT2D eigenvalue weighted by Crippen LogP contribution is -2.08. The van der Waals surface area contributed by atoms with E-state index < -0.39 is 0 Å². The molecule has 1 atom stereocenters. The average molecular weight is 227 g/mol. The van der Waals surface area contributed by atoms with E-state index in [0.717, 1.165) is 5.56 Å². The highest BCUT2D eigenvalue weighted by Gasteiger charge is 2.15. The molecule has 15 heavy (non-hydrogen) atoms. The van der Waals surface area contributed by atoms with Crippen LogP contribution >= 0.6 is 11.8 Å². The van der Waals surface area contributed by atoms with Gasteiger partial charge in [-0.2, -0.15) is 0 Å². The molecular weight excluding hydrogens is 209 g/mol. The van der Waals surface area contributed by atoms with Crippen molar-refractivity contribution in [2.24, 2.45) is 5.73 Å². The molecule has 0 amide bonds. The largest absolute Gasteiger partial charge is 0.324 e. The highest BCUT2D eigenvalue weighted by Crippen LogP contribution is 2.34. The Morgan fingerprint density at radius 1 is 1.33 bits per heavy atom. The van der Waals surface area contributed by atoms with Crippen molar-refractivity contribution in [2.45, 2.75) is 43.4 Å². The van der Waals surface area contributed by atoms with Gasteiger partial charge in [0.2, 0.25) is 0 Å². The smallest absolute Gasteiger partial charge is 0.137 e. The first kappa shape index (κ1) is 12.5. The van der Waals surface area contributed by atoms with Crippen LogP contribution in [0.25, 0.3) is 0 Å². The van der Waals surface area contributed by atoms with E-state index in [1.54, 1.807) is 0 Å². The van der Waals surface area contributed by atoms with Crippen LogP contribution in [0.5, 0.6) is 0 Å². The van der Waals surface area contributed by atoms with Gasteiger partial charge in [0.15, 0.2) is 0 Å². The van der Waals surface area contributed by atoms with Gasteiger partial charge in [0.05, 0.1) is 0 Å². The molecule has 1 aromatic carbocycles. The minimum Gasteiger partial charge on any atom is -0.324 e. The maximum atomic E-state index is 13.7. The maximum absolute atomic E-state index is 13.7. The molecule has 1 rings (SSSR count). The molecule has 0 saturated carbocycles. The van der Waals surface area contributed by atoms with Crippen molar-refractivity contribution < 1.29 is 4.39 Å². The van der Waals surface area contributed by atoms with Gasteiger partial charge in [-0.1, -0.05) is 26.8 Å². The van der Waals surface area contributed by atoms with E-state index in [4.69, 9.17) is 5.73 Å². The van der Waals surface area contributed by atoms with Crippen LogP contribution in [-0.2, 0) is 0 Å². The van der Waals surface area contributed by atoms with Gasteiger partial charge < -0.3 is 5.73 Å². The van der Waals surface area contributed by atoms with E-state index >= 15 is 0 Å². The fraction of sp³-hybridized carbons (Fsp3) is 0.500. The van der Waals surface area contributed by atoms with E-state index in [1.807, 2.05) is 19.1 Å². The molecule has 3 heteroatoms. The summed E-state index contributed by atoms with van der Waals surface area (Å²) in [6.45, 7) is 8.05. The topological polar surface area (TPSA) is 26.0 Å². The van der Waals surface area contributed by atoms with Gasteiger partial charge in [0.1, 0.15) is 5.82 Å². The Hall–Kier alpha value is -0.540. The fourth-order valence-electron chi connectivity index (χ4n) is 1.21. The van der Waals surface area contributed by atoms with Gasteiger partial charge >= 0.3 is 0 Å². The summed E-state index contributed by atoms with van der Waals surface area (Å²) in [4.78, 5) is 0.687. The minimum atomic E-state index is -0.176. The molecule has 84 valence electrons. The molecule has 1 nitrogen and oxygen atoms in total. The van der Waals surface area contributed by atoms with Crippen LogP contribution in [0.15, 0.2) is 23.1 Å². The standard InChI is InChI=1S/C12H18FNS/c1-8(14)9-5-6-11(10(13)7-9)15-12(2,3)4/h5-8H,14H2,1-4H3/t8-/m1/s1. The van der Waals surface area contributed by atoms with E-state index in [2.05, 4.69) is 20.8 Å². The third-order valence-electron chi connectivity index (χ3n) is 1.90. The minimum absolute atomic E-state index is 0.0245. The van der Waals surface area contributed by atoms with Crippen molar-refractivity contribution in [2.75, 3.05) is 0 Å². The van der Waals surface area contributed by atoms with Crippen molar-refractivity contribution >= 4 is 11.8 Å². The maximum Gasteiger partial charge on any atom is 0.137 e. The Bertz CT molecular complexity index is 342. The molecule has 2 N–H and O–H groups in total. The van der Waals surface area contributed by atoms with Crippen LogP contribution < -0.4 is 5.73 Å². The van der Waals surface area contributed by atoms with Crippen molar-refractivity contribution in [1.82, 2.24) is 0 Å². The van der Waals surface area contributed by atoms with Gasteiger partial charge in [-0.05, 0) is 24.6 Å². The Balaban J connectivity index is 2.94. The van der Waals surface area contributed by atoms with Gasteiger partial charge in [0, 0.05) is 15.7 Å². The zero-order valence-electron chi connectivity index (χ0n) is 9.67. The lowest BCUT2D eigenvalue weighted by atomic mass is 10.1. The SMILES string of the molecule is C[C@@H](N)c1ccc(SC(C)(C)C)c(F)c1. The predicted molar refractivity (Wildman–Crippen MR) is 64.6 cm³/mol. The normalized spacial score (nSPS) is 14.0. The van der Waals surface area contributed by atoms with Gasteiger partial charge in [-0.25, -0.2) is 4.39 Å². The van der Waals surface area contributed by atoms with E-state index in [9.17, 15) is 4.39 Å².